The van der Waals surface area contributed by atoms with Crippen molar-refractivity contribution in [2.24, 2.45) is 5.92 Å². The van der Waals surface area contributed by atoms with Gasteiger partial charge in [-0.2, -0.15) is 0 Å². The molecule has 3 heteroatoms. The van der Waals surface area contributed by atoms with Gasteiger partial charge in [-0.15, -0.1) is 0 Å². The summed E-state index contributed by atoms with van der Waals surface area (Å²) in [5, 5.41) is 7.99. The van der Waals surface area contributed by atoms with Crippen LogP contribution in [0.4, 0.5) is 0 Å². The molecule has 0 bridgehead atoms. The van der Waals surface area contributed by atoms with Crippen LogP contribution in [-0.2, 0) is 9.59 Å². The van der Waals surface area contributed by atoms with Crippen LogP contribution < -0.4 is 0 Å². The van der Waals surface area contributed by atoms with Crippen LogP contribution in [0.15, 0.2) is 0 Å². The van der Waals surface area contributed by atoms with Gasteiger partial charge in [0, 0.05) is 0 Å². The predicted molar refractivity (Wildman–Crippen MR) is 38.8 cm³/mol. The fourth-order valence-corrected chi connectivity index (χ4v) is 0. The van der Waals surface area contributed by atoms with Gasteiger partial charge in [-0.3, -0.25) is 4.79 Å². The molecule has 0 aliphatic heterocycles. The molecule has 0 aromatic carbocycles. The molecule has 10 heavy (non-hydrogen) atoms. The van der Waals surface area contributed by atoms with Crippen molar-refractivity contribution in [3.63, 3.8) is 0 Å². The maximum absolute atomic E-state index is 9.70. The Morgan fingerprint density at radius 2 is 1.30 bits per heavy atom. The minimum atomic E-state index is -0.741. The Labute approximate surface area is 61.1 Å². The van der Waals surface area contributed by atoms with Crippen LogP contribution in [0.1, 0.15) is 27.7 Å². The molecule has 0 fully saturated rings. The number of rotatable bonds is 1. The van der Waals surface area contributed by atoms with Crippen LogP contribution >= 0.6 is 0 Å². The lowest BCUT2D eigenvalue weighted by Crippen LogP contribution is -2.03. The monoisotopic (exact) mass is 146 g/mol. The van der Waals surface area contributed by atoms with Crippen molar-refractivity contribution in [2.45, 2.75) is 27.7 Å². The molecule has 3 nitrogen and oxygen atoms in total. The zero-order valence-corrected chi connectivity index (χ0v) is 6.84. The Morgan fingerprint density at radius 3 is 1.30 bits per heavy atom. The summed E-state index contributed by atoms with van der Waals surface area (Å²) in [6, 6.07) is 0. The molecule has 0 rings (SSSR count). The van der Waals surface area contributed by atoms with Gasteiger partial charge in [0.1, 0.15) is 5.78 Å². The molecule has 0 radical (unpaired) electrons. The fraction of sp³-hybridized carbons (Fsp3) is 0.714. The highest BCUT2D eigenvalue weighted by Crippen LogP contribution is 1.87. The number of Topliss-reactive ketones (excluding diaryl/α,β-unsaturated/α-hetero) is 1. The topological polar surface area (TPSA) is 54.4 Å². The molecule has 0 aliphatic rings. The summed E-state index contributed by atoms with van der Waals surface area (Å²) in [7, 11) is 0. The Hall–Kier alpha value is -0.860. The van der Waals surface area contributed by atoms with Gasteiger partial charge in [0.05, 0.1) is 5.92 Å². The number of aliphatic carboxylic acids is 1. The minimum Gasteiger partial charge on any atom is -0.481 e. The molecule has 0 atom stereocenters. The zero-order valence-electron chi connectivity index (χ0n) is 6.84. The predicted octanol–water partition coefficient (Wildman–Crippen LogP) is 1.32. The first kappa shape index (κ1) is 11.9. The van der Waals surface area contributed by atoms with Gasteiger partial charge >= 0.3 is 5.97 Å². The van der Waals surface area contributed by atoms with Gasteiger partial charge < -0.3 is 9.90 Å². The smallest absolute Gasteiger partial charge is 0.305 e. The molecule has 0 aromatic heterocycles. The lowest BCUT2D eigenvalue weighted by Gasteiger charge is -1.89. The Morgan fingerprint density at radius 1 is 1.20 bits per heavy atom. The number of carbonyl (C=O) groups is 2. The summed E-state index contributed by atoms with van der Waals surface area (Å²) in [6.07, 6.45) is 0. The third kappa shape index (κ3) is 27.3. The first-order chi connectivity index (χ1) is 4.37. The van der Waals surface area contributed by atoms with Crippen LogP contribution in [0, 0.1) is 5.92 Å². The summed E-state index contributed by atoms with van der Waals surface area (Å²) in [4.78, 5) is 19.1. The van der Waals surface area contributed by atoms with Crippen molar-refractivity contribution in [3.05, 3.63) is 0 Å². The molecular formula is C7H14O3. The van der Waals surface area contributed by atoms with Gasteiger partial charge in [0.2, 0.25) is 0 Å². The van der Waals surface area contributed by atoms with Crippen LogP contribution in [0.5, 0.6) is 0 Å². The van der Waals surface area contributed by atoms with Crippen molar-refractivity contribution in [2.75, 3.05) is 0 Å². The Bertz CT molecular complexity index is 112. The molecule has 60 valence electrons. The molecule has 1 N–H and O–H groups in total. The molecule has 0 amide bonds. The highest BCUT2D eigenvalue weighted by atomic mass is 16.4. The number of carboxylic acid groups (broad SMARTS) is 1. The largest absolute Gasteiger partial charge is 0.481 e. The zero-order chi connectivity index (χ0) is 8.73. The van der Waals surface area contributed by atoms with Gasteiger partial charge in [-0.25, -0.2) is 0 Å². The van der Waals surface area contributed by atoms with Gasteiger partial charge in [0.15, 0.2) is 0 Å². The molecular weight excluding hydrogens is 132 g/mol. The quantitative estimate of drug-likeness (QED) is 0.607. The van der Waals surface area contributed by atoms with Crippen molar-refractivity contribution in [1.82, 2.24) is 0 Å². The fourth-order valence-electron chi connectivity index (χ4n) is 0. The lowest BCUT2D eigenvalue weighted by molar-refractivity contribution is -0.140. The summed E-state index contributed by atoms with van der Waals surface area (Å²) in [6.45, 7) is 6.34. The number of carbonyl (C=O) groups excluding carboxylic acids is 1. The van der Waals surface area contributed by atoms with Gasteiger partial charge in [-0.05, 0) is 13.8 Å². The van der Waals surface area contributed by atoms with E-state index in [-0.39, 0.29) is 11.7 Å². The van der Waals surface area contributed by atoms with Crippen molar-refractivity contribution >= 4 is 11.8 Å². The molecule has 0 aliphatic carbocycles. The summed E-state index contributed by atoms with van der Waals surface area (Å²) in [5.74, 6) is -0.806. The van der Waals surface area contributed by atoms with Crippen molar-refractivity contribution in [3.8, 4) is 0 Å². The normalized spacial score (nSPS) is 8.10. The lowest BCUT2D eigenvalue weighted by atomic mass is 10.2. The van der Waals surface area contributed by atoms with Crippen LogP contribution in [0.3, 0.4) is 0 Å². The number of carboxylic acids is 1. The summed E-state index contributed by atoms with van der Waals surface area (Å²) in [5.41, 5.74) is 0. The number of hydrogen-bond acceptors (Lipinski definition) is 2. The van der Waals surface area contributed by atoms with E-state index in [2.05, 4.69) is 0 Å². The van der Waals surface area contributed by atoms with E-state index >= 15 is 0 Å². The molecule has 0 heterocycles. The average Bonchev–Trinajstić information content (AvgIpc) is 1.63. The van der Waals surface area contributed by atoms with Crippen molar-refractivity contribution < 1.29 is 14.7 Å². The van der Waals surface area contributed by atoms with E-state index in [0.717, 1.165) is 0 Å². The van der Waals surface area contributed by atoms with E-state index in [1.807, 2.05) is 0 Å². The molecule has 0 spiro atoms. The third-order valence-corrected chi connectivity index (χ3v) is 0.494. The Balaban J connectivity index is 0. The van der Waals surface area contributed by atoms with Crippen molar-refractivity contribution in [1.29, 1.82) is 0 Å². The highest BCUT2D eigenvalue weighted by Gasteiger charge is 1.99. The SMILES string of the molecule is CC(C)=O.CC(C)C(=O)O. The van der Waals surface area contributed by atoms with E-state index in [1.165, 1.54) is 13.8 Å². The minimum absolute atomic E-state index is 0.167. The average molecular weight is 146 g/mol. The maximum atomic E-state index is 9.70. The summed E-state index contributed by atoms with van der Waals surface area (Å²) < 4.78 is 0. The maximum Gasteiger partial charge on any atom is 0.305 e. The van der Waals surface area contributed by atoms with E-state index in [1.54, 1.807) is 13.8 Å². The van der Waals surface area contributed by atoms with E-state index in [4.69, 9.17) is 5.11 Å². The van der Waals surface area contributed by atoms with Crippen LogP contribution in [0.25, 0.3) is 0 Å². The second kappa shape index (κ2) is 6.26. The summed E-state index contributed by atoms with van der Waals surface area (Å²) >= 11 is 0. The van der Waals surface area contributed by atoms with Gasteiger partial charge in [0.25, 0.3) is 0 Å². The third-order valence-electron chi connectivity index (χ3n) is 0.494. The standard InChI is InChI=1S/C4H8O2.C3H6O/c1-3(2)4(5)6;1-3(2)4/h3H,1-2H3,(H,5,6);1-2H3. The second-order valence-corrected chi connectivity index (χ2v) is 2.40. The van der Waals surface area contributed by atoms with E-state index < -0.39 is 5.97 Å². The number of hydrogen-bond donors (Lipinski definition) is 1. The van der Waals surface area contributed by atoms with Crippen LogP contribution in [0.2, 0.25) is 0 Å². The first-order valence-electron chi connectivity index (χ1n) is 3.08. The molecule has 0 saturated heterocycles. The first-order valence-corrected chi connectivity index (χ1v) is 3.08. The number of ketones is 1. The highest BCUT2D eigenvalue weighted by molar-refractivity contribution is 5.72. The van der Waals surface area contributed by atoms with E-state index in [0.29, 0.717) is 0 Å². The second-order valence-electron chi connectivity index (χ2n) is 2.40. The van der Waals surface area contributed by atoms with Crippen LogP contribution in [-0.4, -0.2) is 16.9 Å². The molecule has 0 unspecified atom stereocenters. The molecule has 0 aromatic rings. The van der Waals surface area contributed by atoms with E-state index in [9.17, 15) is 9.59 Å². The Kier molecular flexibility index (Phi) is 7.44. The van der Waals surface area contributed by atoms with Gasteiger partial charge in [-0.1, -0.05) is 13.8 Å². The molecule has 0 saturated carbocycles.